The van der Waals surface area contributed by atoms with Crippen LogP contribution >= 0.6 is 0 Å². The molecule has 2 aromatic heterocycles. The summed E-state index contributed by atoms with van der Waals surface area (Å²) < 4.78 is 11.3. The van der Waals surface area contributed by atoms with Gasteiger partial charge < -0.3 is 14.2 Å². The van der Waals surface area contributed by atoms with E-state index in [0.29, 0.717) is 44.3 Å². The lowest BCUT2D eigenvalue weighted by atomic mass is 9.87. The van der Waals surface area contributed by atoms with Crippen LogP contribution < -0.4 is 0 Å². The summed E-state index contributed by atoms with van der Waals surface area (Å²) in [4.78, 5) is 27.9. The van der Waals surface area contributed by atoms with E-state index in [1.807, 2.05) is 41.4 Å². The van der Waals surface area contributed by atoms with Gasteiger partial charge in [0.25, 0.3) is 0 Å². The predicted molar refractivity (Wildman–Crippen MR) is 107 cm³/mol. The molecule has 2 aliphatic rings. The summed E-state index contributed by atoms with van der Waals surface area (Å²) in [6.07, 6.45) is 4.51. The van der Waals surface area contributed by atoms with Crippen LogP contribution in [0.5, 0.6) is 0 Å². The van der Waals surface area contributed by atoms with Crippen LogP contribution in [0.1, 0.15) is 42.7 Å². The highest BCUT2D eigenvalue weighted by Gasteiger charge is 2.52. The Morgan fingerprint density at radius 3 is 2.80 bits per heavy atom. The van der Waals surface area contributed by atoms with E-state index in [9.17, 15) is 4.79 Å². The number of carbonyl (C=O) groups is 1. The van der Waals surface area contributed by atoms with Crippen molar-refractivity contribution in [2.45, 2.75) is 44.8 Å². The molecule has 0 atom stereocenters. The van der Waals surface area contributed by atoms with Gasteiger partial charge in [-0.2, -0.15) is 4.98 Å². The summed E-state index contributed by atoms with van der Waals surface area (Å²) in [5.41, 5.74) is 2.43. The van der Waals surface area contributed by atoms with E-state index in [4.69, 9.17) is 9.26 Å². The average molecular weight is 405 g/mol. The maximum atomic E-state index is 12.6. The summed E-state index contributed by atoms with van der Waals surface area (Å²) in [7, 11) is 0. The monoisotopic (exact) mass is 405 g/mol. The van der Waals surface area contributed by atoms with Crippen molar-refractivity contribution in [2.24, 2.45) is 0 Å². The summed E-state index contributed by atoms with van der Waals surface area (Å²) in [6, 6.07) is 9.63. The lowest BCUT2D eigenvalue weighted by molar-refractivity contribution is -0.168. The Morgan fingerprint density at radius 2 is 2.00 bits per heavy atom. The highest BCUT2D eigenvalue weighted by atomic mass is 16.5. The van der Waals surface area contributed by atoms with Gasteiger partial charge in [-0.1, -0.05) is 42.4 Å². The van der Waals surface area contributed by atoms with Crippen LogP contribution in [0.15, 0.2) is 41.1 Å². The Hall–Kier alpha value is -3.13. The van der Waals surface area contributed by atoms with Crippen LogP contribution in [0, 0.1) is 0 Å². The zero-order chi connectivity index (χ0) is 20.6. The van der Waals surface area contributed by atoms with Crippen molar-refractivity contribution in [2.75, 3.05) is 13.1 Å². The Morgan fingerprint density at radius 1 is 1.17 bits per heavy atom. The Balaban J connectivity index is 1.17. The number of carbonyl (C=O) groups excluding carboxylic acids is 1. The van der Waals surface area contributed by atoms with Gasteiger partial charge in [-0.15, -0.1) is 0 Å². The molecule has 1 aromatic carbocycles. The van der Waals surface area contributed by atoms with Gasteiger partial charge in [-0.25, -0.2) is 9.97 Å². The number of amides is 1. The SMILES string of the molecule is CCCc1ncc2c(n1)COC21CN(C(=O)CCc2nc(-c3ccccc3)no2)C1. The van der Waals surface area contributed by atoms with Crippen molar-refractivity contribution < 1.29 is 14.1 Å². The number of ether oxygens (including phenoxy) is 1. The second-order valence-electron chi connectivity index (χ2n) is 7.81. The molecule has 0 saturated carbocycles. The number of rotatable bonds is 6. The minimum Gasteiger partial charge on any atom is -0.360 e. The van der Waals surface area contributed by atoms with Crippen LogP contribution in [-0.2, 0) is 34.6 Å². The number of nitrogens with zero attached hydrogens (tertiary/aromatic N) is 5. The number of benzene rings is 1. The molecule has 0 aliphatic carbocycles. The average Bonchev–Trinajstić information content (AvgIpc) is 3.37. The molecule has 8 heteroatoms. The zero-order valence-electron chi connectivity index (χ0n) is 16.9. The summed E-state index contributed by atoms with van der Waals surface area (Å²) in [6.45, 7) is 3.67. The molecule has 1 saturated heterocycles. The quantitative estimate of drug-likeness (QED) is 0.622. The lowest BCUT2D eigenvalue weighted by Gasteiger charge is -2.47. The van der Waals surface area contributed by atoms with Crippen molar-refractivity contribution in [1.82, 2.24) is 25.0 Å². The van der Waals surface area contributed by atoms with Gasteiger partial charge >= 0.3 is 0 Å². The Bertz CT molecular complexity index is 1060. The topological polar surface area (TPSA) is 94.2 Å². The van der Waals surface area contributed by atoms with Gasteiger partial charge in [0.2, 0.25) is 17.6 Å². The van der Waals surface area contributed by atoms with E-state index >= 15 is 0 Å². The van der Waals surface area contributed by atoms with Crippen LogP contribution in [0.3, 0.4) is 0 Å². The number of hydrogen-bond acceptors (Lipinski definition) is 7. The number of aromatic nitrogens is 4. The van der Waals surface area contributed by atoms with Gasteiger partial charge in [0.15, 0.2) is 0 Å². The second kappa shape index (κ2) is 7.60. The molecular formula is C22H23N5O3. The minimum atomic E-state index is -0.444. The molecule has 5 rings (SSSR count). The third-order valence-corrected chi connectivity index (χ3v) is 5.67. The zero-order valence-corrected chi connectivity index (χ0v) is 16.9. The molecule has 0 unspecified atom stereocenters. The number of aryl methyl sites for hydroxylation is 2. The van der Waals surface area contributed by atoms with Gasteiger partial charge in [0.05, 0.1) is 25.4 Å². The number of likely N-dealkylation sites (tertiary alicyclic amines) is 1. The van der Waals surface area contributed by atoms with E-state index in [1.54, 1.807) is 0 Å². The smallest absolute Gasteiger partial charge is 0.227 e. The largest absolute Gasteiger partial charge is 0.360 e. The first kappa shape index (κ1) is 18.9. The first-order valence-electron chi connectivity index (χ1n) is 10.3. The summed E-state index contributed by atoms with van der Waals surface area (Å²) in [5, 5.41) is 4.00. The third kappa shape index (κ3) is 3.37. The van der Waals surface area contributed by atoms with E-state index in [0.717, 1.165) is 35.5 Å². The fraction of sp³-hybridized carbons (Fsp3) is 0.409. The van der Waals surface area contributed by atoms with E-state index in [-0.39, 0.29) is 5.91 Å². The molecule has 30 heavy (non-hydrogen) atoms. The Labute approximate surface area is 174 Å². The maximum Gasteiger partial charge on any atom is 0.227 e. The highest BCUT2D eigenvalue weighted by Crippen LogP contribution is 2.42. The van der Waals surface area contributed by atoms with Crippen LogP contribution in [0.2, 0.25) is 0 Å². The Kier molecular flexibility index (Phi) is 4.78. The summed E-state index contributed by atoms with van der Waals surface area (Å²) >= 11 is 0. The van der Waals surface area contributed by atoms with Crippen LogP contribution in [-0.4, -0.2) is 44.0 Å². The second-order valence-corrected chi connectivity index (χ2v) is 7.81. The van der Waals surface area contributed by atoms with E-state index < -0.39 is 5.60 Å². The molecule has 1 amide bonds. The van der Waals surface area contributed by atoms with Crippen molar-refractivity contribution in [1.29, 1.82) is 0 Å². The normalized spacial score (nSPS) is 16.5. The molecule has 8 nitrogen and oxygen atoms in total. The molecule has 0 radical (unpaired) electrons. The molecule has 1 spiro atoms. The van der Waals surface area contributed by atoms with Gasteiger partial charge in [-0.3, -0.25) is 4.79 Å². The van der Waals surface area contributed by atoms with Crippen molar-refractivity contribution in [3.8, 4) is 11.4 Å². The van der Waals surface area contributed by atoms with Crippen LogP contribution in [0.4, 0.5) is 0 Å². The van der Waals surface area contributed by atoms with Gasteiger partial charge in [0.1, 0.15) is 11.4 Å². The summed E-state index contributed by atoms with van der Waals surface area (Å²) in [5.74, 6) is 1.93. The van der Waals surface area contributed by atoms with E-state index in [2.05, 4.69) is 27.0 Å². The molecule has 1 fully saturated rings. The first-order chi connectivity index (χ1) is 14.7. The fourth-order valence-electron chi connectivity index (χ4n) is 4.02. The third-order valence-electron chi connectivity index (χ3n) is 5.67. The van der Waals surface area contributed by atoms with Gasteiger partial charge in [-0.05, 0) is 6.42 Å². The maximum absolute atomic E-state index is 12.6. The fourth-order valence-corrected chi connectivity index (χ4v) is 4.02. The van der Waals surface area contributed by atoms with Crippen LogP contribution in [0.25, 0.3) is 11.4 Å². The van der Waals surface area contributed by atoms with Crippen molar-refractivity contribution in [3.05, 3.63) is 59.5 Å². The molecule has 0 bridgehead atoms. The molecule has 3 aromatic rings. The molecule has 154 valence electrons. The number of fused-ring (bicyclic) bond motifs is 2. The minimum absolute atomic E-state index is 0.0562. The van der Waals surface area contributed by atoms with Gasteiger partial charge in [0, 0.05) is 36.6 Å². The lowest BCUT2D eigenvalue weighted by Crippen LogP contribution is -2.61. The highest BCUT2D eigenvalue weighted by molar-refractivity contribution is 5.78. The van der Waals surface area contributed by atoms with Crippen molar-refractivity contribution >= 4 is 5.91 Å². The number of hydrogen-bond donors (Lipinski definition) is 0. The molecule has 0 N–H and O–H groups in total. The molecular weight excluding hydrogens is 382 g/mol. The predicted octanol–water partition coefficient (Wildman–Crippen LogP) is 2.68. The van der Waals surface area contributed by atoms with E-state index in [1.165, 1.54) is 0 Å². The first-order valence-corrected chi connectivity index (χ1v) is 10.3. The molecule has 4 heterocycles. The molecule has 2 aliphatic heterocycles. The standard InChI is InChI=1S/C22H23N5O3/c1-2-6-18-23-11-16-17(24-18)12-29-22(16)13-27(14-22)20(28)10-9-19-25-21(26-30-19)15-7-4-3-5-8-15/h3-5,7-8,11H,2,6,9-10,12-14H2,1H3. The van der Waals surface area contributed by atoms with Crippen molar-refractivity contribution in [3.63, 3.8) is 0 Å².